The molecule has 1 spiro atoms. The maximum atomic E-state index is 12.7. The number of rotatable bonds is 5. The number of hydrogen-bond acceptors (Lipinski definition) is 5. The maximum Gasteiger partial charge on any atom is 0.235 e. The van der Waals surface area contributed by atoms with Gasteiger partial charge in [0, 0.05) is 23.5 Å². The Hall–Kier alpha value is -2.09. The van der Waals surface area contributed by atoms with Crippen LogP contribution in [0.3, 0.4) is 0 Å². The van der Waals surface area contributed by atoms with Gasteiger partial charge in [-0.25, -0.2) is 8.42 Å². The van der Waals surface area contributed by atoms with E-state index in [9.17, 15) is 13.2 Å². The van der Waals surface area contributed by atoms with E-state index in [2.05, 4.69) is 10.2 Å². The standard InChI is InChI=1S/C22H25ClN2O4S/c1-15-13-17(4-6-20(15)30(2,27)28)29-12-11-25-9-7-22(8-10-25)18-14-16(23)3-5-19(18)24-21(22)26/h3-6,13-14H,7-12H2,1-2H3,(H,24,26). The summed E-state index contributed by atoms with van der Waals surface area (Å²) in [7, 11) is -3.23. The second kappa shape index (κ2) is 7.87. The Labute approximate surface area is 182 Å². The SMILES string of the molecule is Cc1cc(OCCN2CCC3(CC2)C(=O)Nc2ccc(Cl)cc23)ccc1S(C)(=O)=O. The van der Waals surface area contributed by atoms with Crippen molar-refractivity contribution in [2.75, 3.05) is 37.8 Å². The van der Waals surface area contributed by atoms with Crippen molar-refractivity contribution in [2.24, 2.45) is 0 Å². The first-order valence-corrected chi connectivity index (χ1v) is 12.2. The Balaban J connectivity index is 1.34. The molecule has 160 valence electrons. The molecule has 0 aromatic heterocycles. The quantitative estimate of drug-likeness (QED) is 0.758. The van der Waals surface area contributed by atoms with Crippen molar-refractivity contribution in [1.29, 1.82) is 0 Å². The van der Waals surface area contributed by atoms with Crippen LogP contribution in [-0.2, 0) is 20.0 Å². The van der Waals surface area contributed by atoms with Crippen LogP contribution in [0, 0.1) is 6.92 Å². The lowest BCUT2D eigenvalue weighted by Crippen LogP contribution is -2.47. The molecule has 2 aromatic rings. The van der Waals surface area contributed by atoms with Gasteiger partial charge in [-0.3, -0.25) is 9.69 Å². The number of nitrogens with one attached hydrogen (secondary N) is 1. The second-order valence-electron chi connectivity index (χ2n) is 8.12. The molecule has 1 N–H and O–H groups in total. The number of amides is 1. The number of piperidine rings is 1. The number of carbonyl (C=O) groups excluding carboxylic acids is 1. The fourth-order valence-corrected chi connectivity index (χ4v) is 5.59. The molecule has 2 aromatic carbocycles. The van der Waals surface area contributed by atoms with E-state index in [4.69, 9.17) is 16.3 Å². The topological polar surface area (TPSA) is 75.7 Å². The third-order valence-electron chi connectivity index (χ3n) is 6.11. The van der Waals surface area contributed by atoms with E-state index in [-0.39, 0.29) is 5.91 Å². The maximum absolute atomic E-state index is 12.7. The summed E-state index contributed by atoms with van der Waals surface area (Å²) in [5, 5.41) is 3.65. The van der Waals surface area contributed by atoms with Crippen molar-refractivity contribution in [2.45, 2.75) is 30.1 Å². The van der Waals surface area contributed by atoms with Crippen molar-refractivity contribution in [3.05, 3.63) is 52.5 Å². The Bertz CT molecular complexity index is 1090. The van der Waals surface area contributed by atoms with Crippen molar-refractivity contribution >= 4 is 33.0 Å². The van der Waals surface area contributed by atoms with Gasteiger partial charge in [0.15, 0.2) is 9.84 Å². The van der Waals surface area contributed by atoms with Crippen LogP contribution in [0.15, 0.2) is 41.3 Å². The molecule has 4 rings (SSSR count). The predicted octanol–water partition coefficient (Wildman–Crippen LogP) is 3.42. The first kappa shape index (κ1) is 21.2. The largest absolute Gasteiger partial charge is 0.492 e. The number of fused-ring (bicyclic) bond motifs is 2. The molecule has 2 aliphatic heterocycles. The summed E-state index contributed by atoms with van der Waals surface area (Å²) >= 11 is 6.18. The van der Waals surface area contributed by atoms with E-state index in [0.717, 1.165) is 43.7 Å². The van der Waals surface area contributed by atoms with E-state index in [1.807, 2.05) is 12.1 Å². The molecular formula is C22H25ClN2O4S. The fourth-order valence-electron chi connectivity index (χ4n) is 4.46. The Kier molecular flexibility index (Phi) is 5.55. The highest BCUT2D eigenvalue weighted by atomic mass is 35.5. The molecule has 30 heavy (non-hydrogen) atoms. The number of carbonyl (C=O) groups is 1. The fraction of sp³-hybridized carbons (Fsp3) is 0.409. The molecule has 2 aliphatic rings. The molecule has 0 saturated carbocycles. The van der Waals surface area contributed by atoms with Crippen LogP contribution in [0.25, 0.3) is 0 Å². The summed E-state index contributed by atoms with van der Waals surface area (Å²) in [6.45, 7) is 4.61. The number of benzene rings is 2. The minimum Gasteiger partial charge on any atom is -0.492 e. The minimum atomic E-state index is -3.23. The van der Waals surface area contributed by atoms with E-state index in [1.54, 1.807) is 31.2 Å². The van der Waals surface area contributed by atoms with Crippen LogP contribution in [0.1, 0.15) is 24.0 Å². The van der Waals surface area contributed by atoms with Gasteiger partial charge in [0.25, 0.3) is 0 Å². The van der Waals surface area contributed by atoms with Crippen molar-refractivity contribution in [3.8, 4) is 5.75 Å². The van der Waals surface area contributed by atoms with Crippen LogP contribution in [0.5, 0.6) is 5.75 Å². The van der Waals surface area contributed by atoms with E-state index in [0.29, 0.717) is 27.8 Å². The van der Waals surface area contributed by atoms with E-state index in [1.165, 1.54) is 6.26 Å². The predicted molar refractivity (Wildman–Crippen MR) is 117 cm³/mol. The van der Waals surface area contributed by atoms with Gasteiger partial charge in [-0.05, 0) is 80.4 Å². The summed E-state index contributed by atoms with van der Waals surface area (Å²) in [5.41, 5.74) is 2.07. The molecule has 6 nitrogen and oxygen atoms in total. The number of ether oxygens (including phenoxy) is 1. The van der Waals surface area contributed by atoms with Crippen LogP contribution < -0.4 is 10.1 Å². The van der Waals surface area contributed by atoms with Crippen molar-refractivity contribution < 1.29 is 17.9 Å². The zero-order valence-corrected chi connectivity index (χ0v) is 18.6. The summed E-state index contributed by atoms with van der Waals surface area (Å²) in [6, 6.07) is 10.6. The third kappa shape index (κ3) is 3.94. The highest BCUT2D eigenvalue weighted by Crippen LogP contribution is 2.45. The highest BCUT2D eigenvalue weighted by Gasteiger charge is 2.48. The first-order chi connectivity index (χ1) is 14.2. The molecule has 8 heteroatoms. The molecule has 2 heterocycles. The lowest BCUT2D eigenvalue weighted by atomic mass is 9.73. The third-order valence-corrected chi connectivity index (χ3v) is 7.60. The minimum absolute atomic E-state index is 0.0668. The zero-order valence-electron chi connectivity index (χ0n) is 17.1. The van der Waals surface area contributed by atoms with Gasteiger partial charge >= 0.3 is 0 Å². The summed E-state index contributed by atoms with van der Waals surface area (Å²) in [5.74, 6) is 0.726. The molecule has 0 bridgehead atoms. The number of likely N-dealkylation sites (tertiary alicyclic amines) is 1. The molecular weight excluding hydrogens is 424 g/mol. The first-order valence-electron chi connectivity index (χ1n) is 9.96. The number of aryl methyl sites for hydroxylation is 1. The van der Waals surface area contributed by atoms with Gasteiger partial charge in [-0.1, -0.05) is 11.6 Å². The number of halogens is 1. The molecule has 0 atom stereocenters. The van der Waals surface area contributed by atoms with E-state index < -0.39 is 15.3 Å². The van der Waals surface area contributed by atoms with Gasteiger partial charge in [0.05, 0.1) is 10.3 Å². The molecule has 1 fully saturated rings. The number of hydrogen-bond donors (Lipinski definition) is 1. The second-order valence-corrected chi connectivity index (χ2v) is 10.5. The molecule has 1 saturated heterocycles. The Morgan fingerprint density at radius 1 is 1.17 bits per heavy atom. The van der Waals surface area contributed by atoms with E-state index >= 15 is 0 Å². The monoisotopic (exact) mass is 448 g/mol. The summed E-state index contributed by atoms with van der Waals surface area (Å²) < 4.78 is 29.3. The zero-order chi connectivity index (χ0) is 21.5. The summed E-state index contributed by atoms with van der Waals surface area (Å²) in [6.07, 6.45) is 2.69. The smallest absolute Gasteiger partial charge is 0.235 e. The average Bonchev–Trinajstić information content (AvgIpc) is 2.94. The van der Waals surface area contributed by atoms with Crippen LogP contribution in [0.4, 0.5) is 5.69 Å². The Morgan fingerprint density at radius 2 is 1.90 bits per heavy atom. The molecule has 1 amide bonds. The van der Waals surface area contributed by atoms with Crippen molar-refractivity contribution in [3.63, 3.8) is 0 Å². The van der Waals surface area contributed by atoms with Gasteiger partial charge in [0.2, 0.25) is 5.91 Å². The summed E-state index contributed by atoms with van der Waals surface area (Å²) in [4.78, 5) is 15.3. The van der Waals surface area contributed by atoms with Gasteiger partial charge < -0.3 is 10.1 Å². The van der Waals surface area contributed by atoms with Crippen LogP contribution in [-0.4, -0.2) is 51.7 Å². The Morgan fingerprint density at radius 3 is 2.57 bits per heavy atom. The van der Waals surface area contributed by atoms with Crippen molar-refractivity contribution in [1.82, 2.24) is 4.90 Å². The van der Waals surface area contributed by atoms with Crippen LogP contribution in [0.2, 0.25) is 5.02 Å². The van der Waals surface area contributed by atoms with Crippen LogP contribution >= 0.6 is 11.6 Å². The highest BCUT2D eigenvalue weighted by molar-refractivity contribution is 7.90. The number of nitrogens with zero attached hydrogens (tertiary/aromatic N) is 1. The molecule has 0 radical (unpaired) electrons. The lowest BCUT2D eigenvalue weighted by Gasteiger charge is -2.38. The lowest BCUT2D eigenvalue weighted by molar-refractivity contribution is -0.122. The number of sulfone groups is 1. The van der Waals surface area contributed by atoms with Gasteiger partial charge in [-0.2, -0.15) is 0 Å². The number of anilines is 1. The van der Waals surface area contributed by atoms with Gasteiger partial charge in [0.1, 0.15) is 12.4 Å². The average molecular weight is 449 g/mol. The van der Waals surface area contributed by atoms with Gasteiger partial charge in [-0.15, -0.1) is 0 Å². The molecule has 0 unspecified atom stereocenters. The normalized spacial score (nSPS) is 18.3. The molecule has 0 aliphatic carbocycles.